The van der Waals surface area contributed by atoms with Crippen molar-refractivity contribution in [1.82, 2.24) is 0 Å². The van der Waals surface area contributed by atoms with Gasteiger partial charge in [-0.25, -0.2) is 5.01 Å². The summed E-state index contributed by atoms with van der Waals surface area (Å²) >= 11 is 0. The van der Waals surface area contributed by atoms with Crippen molar-refractivity contribution in [2.24, 2.45) is 5.10 Å². The van der Waals surface area contributed by atoms with Crippen LogP contribution in [-0.4, -0.2) is 11.6 Å². The minimum atomic E-state index is 0.0525. The fourth-order valence-electron chi connectivity index (χ4n) is 1.63. The number of rotatable bonds is 2. The van der Waals surface area contributed by atoms with Crippen LogP contribution in [0.5, 0.6) is 0 Å². The Morgan fingerprint density at radius 3 is 2.47 bits per heavy atom. The van der Waals surface area contributed by atoms with Crippen molar-refractivity contribution in [2.75, 3.05) is 5.01 Å². The Bertz CT molecular complexity index is 406. The molecule has 3 nitrogen and oxygen atoms in total. The van der Waals surface area contributed by atoms with E-state index in [4.69, 9.17) is 0 Å². The van der Waals surface area contributed by atoms with Crippen LogP contribution in [0, 0.1) is 0 Å². The molecular weight excluding hydrogens is 188 g/mol. The van der Waals surface area contributed by atoms with E-state index in [2.05, 4.69) is 12.0 Å². The maximum absolute atomic E-state index is 11.6. The van der Waals surface area contributed by atoms with Crippen molar-refractivity contribution in [3.05, 3.63) is 29.8 Å². The van der Waals surface area contributed by atoms with E-state index in [1.165, 1.54) is 10.6 Å². The number of benzene rings is 1. The third-order valence-corrected chi connectivity index (χ3v) is 2.50. The van der Waals surface area contributed by atoms with E-state index in [1.54, 1.807) is 0 Å². The summed E-state index contributed by atoms with van der Waals surface area (Å²) in [5.41, 5.74) is 3.00. The molecule has 1 heterocycles. The molecule has 0 spiro atoms. The van der Waals surface area contributed by atoms with Crippen LogP contribution in [0.2, 0.25) is 0 Å². The van der Waals surface area contributed by atoms with Gasteiger partial charge in [0.2, 0.25) is 0 Å². The fraction of sp³-hybridized carbons (Fsp3) is 0.333. The zero-order valence-electron chi connectivity index (χ0n) is 9.03. The van der Waals surface area contributed by atoms with Crippen LogP contribution in [-0.2, 0) is 11.2 Å². The molecule has 0 atom stereocenters. The van der Waals surface area contributed by atoms with Gasteiger partial charge in [-0.2, -0.15) is 5.10 Å². The summed E-state index contributed by atoms with van der Waals surface area (Å²) in [6.07, 6.45) is 1.45. The lowest BCUT2D eigenvalue weighted by atomic mass is 10.1. The molecule has 1 aromatic carbocycles. The summed E-state index contributed by atoms with van der Waals surface area (Å²) in [5, 5.41) is 5.68. The predicted octanol–water partition coefficient (Wildman–Crippen LogP) is 2.36. The van der Waals surface area contributed by atoms with Crippen LogP contribution in [0.1, 0.15) is 25.8 Å². The second-order valence-corrected chi connectivity index (χ2v) is 3.74. The lowest BCUT2D eigenvalue weighted by Gasteiger charge is -2.11. The molecule has 1 amide bonds. The molecule has 0 aliphatic carbocycles. The van der Waals surface area contributed by atoms with Gasteiger partial charge in [0.15, 0.2) is 0 Å². The highest BCUT2D eigenvalue weighted by atomic mass is 16.2. The first kappa shape index (κ1) is 9.90. The summed E-state index contributed by atoms with van der Waals surface area (Å²) in [6.45, 7) is 3.98. The van der Waals surface area contributed by atoms with Gasteiger partial charge < -0.3 is 0 Å². The molecule has 1 aliphatic heterocycles. The van der Waals surface area contributed by atoms with Gasteiger partial charge >= 0.3 is 0 Å². The number of aryl methyl sites for hydroxylation is 1. The molecule has 0 radical (unpaired) electrons. The predicted molar refractivity (Wildman–Crippen MR) is 61.0 cm³/mol. The molecule has 0 N–H and O–H groups in total. The Morgan fingerprint density at radius 2 is 2.00 bits per heavy atom. The van der Waals surface area contributed by atoms with Gasteiger partial charge in [0.25, 0.3) is 5.91 Å². The standard InChI is InChI=1S/C12H14N2O/c1-3-10-4-6-11(7-5-10)14-12(15)8-9(2)13-14/h4-7H,3,8H2,1-2H3. The molecule has 0 saturated heterocycles. The molecule has 0 fully saturated rings. The molecular formula is C12H14N2O. The van der Waals surface area contributed by atoms with Crippen molar-refractivity contribution in [1.29, 1.82) is 0 Å². The summed E-state index contributed by atoms with van der Waals surface area (Å²) in [7, 11) is 0. The summed E-state index contributed by atoms with van der Waals surface area (Å²) in [4.78, 5) is 11.6. The van der Waals surface area contributed by atoms with E-state index < -0.39 is 0 Å². The normalized spacial score (nSPS) is 15.7. The maximum atomic E-state index is 11.6. The third kappa shape index (κ3) is 1.91. The number of hydrazone groups is 1. The van der Waals surface area contributed by atoms with Crippen LogP contribution >= 0.6 is 0 Å². The van der Waals surface area contributed by atoms with E-state index in [1.807, 2.05) is 31.2 Å². The van der Waals surface area contributed by atoms with Crippen LogP contribution < -0.4 is 5.01 Å². The zero-order chi connectivity index (χ0) is 10.8. The number of anilines is 1. The lowest BCUT2D eigenvalue weighted by Crippen LogP contribution is -2.19. The number of amides is 1. The highest BCUT2D eigenvalue weighted by Gasteiger charge is 2.22. The SMILES string of the molecule is CCc1ccc(N2N=C(C)CC2=O)cc1. The first-order valence-electron chi connectivity index (χ1n) is 5.16. The van der Waals surface area contributed by atoms with E-state index >= 15 is 0 Å². The smallest absolute Gasteiger partial charge is 0.253 e. The Hall–Kier alpha value is -1.64. The van der Waals surface area contributed by atoms with Gasteiger partial charge in [-0.15, -0.1) is 0 Å². The molecule has 15 heavy (non-hydrogen) atoms. The number of carbonyl (C=O) groups is 1. The average Bonchev–Trinajstić information content (AvgIpc) is 2.58. The second-order valence-electron chi connectivity index (χ2n) is 3.74. The molecule has 0 bridgehead atoms. The van der Waals surface area contributed by atoms with Crippen molar-refractivity contribution in [3.63, 3.8) is 0 Å². The van der Waals surface area contributed by atoms with Crippen LogP contribution in [0.15, 0.2) is 29.4 Å². The monoisotopic (exact) mass is 202 g/mol. The molecule has 3 heteroatoms. The molecule has 78 valence electrons. The van der Waals surface area contributed by atoms with Gasteiger partial charge in [-0.3, -0.25) is 4.79 Å². The molecule has 1 aromatic rings. The van der Waals surface area contributed by atoms with Crippen LogP contribution in [0.25, 0.3) is 0 Å². The van der Waals surface area contributed by atoms with Gasteiger partial charge in [-0.05, 0) is 31.0 Å². The highest BCUT2D eigenvalue weighted by Crippen LogP contribution is 2.20. The summed E-state index contributed by atoms with van der Waals surface area (Å²) in [6, 6.07) is 7.95. The number of carbonyl (C=O) groups excluding carboxylic acids is 1. The molecule has 0 saturated carbocycles. The first-order valence-corrected chi connectivity index (χ1v) is 5.16. The number of hydrogen-bond donors (Lipinski definition) is 0. The van der Waals surface area contributed by atoms with Crippen LogP contribution in [0.4, 0.5) is 5.69 Å². The maximum Gasteiger partial charge on any atom is 0.253 e. The summed E-state index contributed by atoms with van der Waals surface area (Å²) in [5.74, 6) is 0.0525. The van der Waals surface area contributed by atoms with Crippen LogP contribution in [0.3, 0.4) is 0 Å². The Labute approximate surface area is 89.4 Å². The van der Waals surface area contributed by atoms with E-state index in [-0.39, 0.29) is 5.91 Å². The highest BCUT2D eigenvalue weighted by molar-refractivity contribution is 6.12. The summed E-state index contributed by atoms with van der Waals surface area (Å²) < 4.78 is 0. The topological polar surface area (TPSA) is 32.7 Å². The average molecular weight is 202 g/mol. The molecule has 1 aliphatic rings. The quantitative estimate of drug-likeness (QED) is 0.724. The number of hydrogen-bond acceptors (Lipinski definition) is 2. The van der Waals surface area contributed by atoms with Crippen molar-refractivity contribution >= 4 is 17.3 Å². The van der Waals surface area contributed by atoms with Gasteiger partial charge in [-0.1, -0.05) is 19.1 Å². The Morgan fingerprint density at radius 1 is 1.33 bits per heavy atom. The van der Waals surface area contributed by atoms with Gasteiger partial charge in [0.05, 0.1) is 12.1 Å². The molecule has 2 rings (SSSR count). The minimum Gasteiger partial charge on any atom is -0.272 e. The molecule has 0 unspecified atom stereocenters. The minimum absolute atomic E-state index is 0.0525. The van der Waals surface area contributed by atoms with Crippen molar-refractivity contribution in [3.8, 4) is 0 Å². The van der Waals surface area contributed by atoms with Gasteiger partial charge in [0, 0.05) is 5.71 Å². The van der Waals surface area contributed by atoms with Gasteiger partial charge in [0.1, 0.15) is 0 Å². The van der Waals surface area contributed by atoms with Crippen molar-refractivity contribution < 1.29 is 4.79 Å². The fourth-order valence-corrected chi connectivity index (χ4v) is 1.63. The largest absolute Gasteiger partial charge is 0.272 e. The van der Waals surface area contributed by atoms with Crippen molar-refractivity contribution in [2.45, 2.75) is 26.7 Å². The number of nitrogens with zero attached hydrogens (tertiary/aromatic N) is 2. The second kappa shape index (κ2) is 3.85. The zero-order valence-corrected chi connectivity index (χ0v) is 9.03. The Kier molecular flexibility index (Phi) is 2.54. The van der Waals surface area contributed by atoms with E-state index in [9.17, 15) is 4.79 Å². The first-order chi connectivity index (χ1) is 7.20. The molecule has 0 aromatic heterocycles. The lowest BCUT2D eigenvalue weighted by molar-refractivity contribution is -0.116. The van der Waals surface area contributed by atoms with E-state index in [0.29, 0.717) is 6.42 Å². The van der Waals surface area contributed by atoms with E-state index in [0.717, 1.165) is 17.8 Å². The Balaban J connectivity index is 2.26. The third-order valence-electron chi connectivity index (χ3n) is 2.50.